The summed E-state index contributed by atoms with van der Waals surface area (Å²) in [6.45, 7) is 2.21. The number of likely N-dealkylation sites (tertiary alicyclic amines) is 1. The molecule has 156 valence electrons. The Labute approximate surface area is 171 Å². The molecule has 2 aromatic carbocycles. The average molecular weight is 399 g/mol. The van der Waals surface area contributed by atoms with Gasteiger partial charge in [0.2, 0.25) is 0 Å². The first-order chi connectivity index (χ1) is 14.1. The highest BCUT2D eigenvalue weighted by atomic mass is 16.5. The van der Waals surface area contributed by atoms with E-state index < -0.39 is 0 Å². The van der Waals surface area contributed by atoms with Crippen molar-refractivity contribution >= 4 is 5.96 Å². The lowest BCUT2D eigenvalue weighted by atomic mass is 9.98. The van der Waals surface area contributed by atoms with Crippen LogP contribution >= 0.6 is 0 Å². The van der Waals surface area contributed by atoms with Crippen molar-refractivity contribution in [1.82, 2.24) is 10.2 Å². The summed E-state index contributed by atoms with van der Waals surface area (Å²) in [5.74, 6) is 3.72. The lowest BCUT2D eigenvalue weighted by Gasteiger charge is -2.22. The summed E-state index contributed by atoms with van der Waals surface area (Å²) in [7, 11) is 6.72. The lowest BCUT2D eigenvalue weighted by Crippen LogP contribution is -2.39. The zero-order valence-electron chi connectivity index (χ0n) is 17.4. The summed E-state index contributed by atoms with van der Waals surface area (Å²) >= 11 is 0. The predicted octanol–water partition coefficient (Wildman–Crippen LogP) is 2.98. The molecule has 0 saturated carbocycles. The molecular weight excluding hydrogens is 370 g/mol. The molecule has 0 spiro atoms. The molecule has 1 fully saturated rings. The van der Waals surface area contributed by atoms with Gasteiger partial charge >= 0.3 is 0 Å². The highest BCUT2D eigenvalue weighted by Crippen LogP contribution is 2.33. The summed E-state index contributed by atoms with van der Waals surface area (Å²) in [6, 6.07) is 11.2. The lowest BCUT2D eigenvalue weighted by molar-refractivity contribution is 0.392. The van der Waals surface area contributed by atoms with Crippen molar-refractivity contribution in [3.05, 3.63) is 47.5 Å². The van der Waals surface area contributed by atoms with E-state index in [4.69, 9.17) is 14.2 Å². The monoisotopic (exact) mass is 399 g/mol. The van der Waals surface area contributed by atoms with Crippen molar-refractivity contribution < 1.29 is 19.3 Å². The third-order valence-electron chi connectivity index (χ3n) is 5.27. The fourth-order valence-electron chi connectivity index (χ4n) is 3.63. The van der Waals surface area contributed by atoms with Crippen LogP contribution in [0.1, 0.15) is 23.5 Å². The fourth-order valence-corrected chi connectivity index (χ4v) is 3.63. The van der Waals surface area contributed by atoms with Gasteiger partial charge in [0.1, 0.15) is 23.0 Å². The number of nitrogens with one attached hydrogen (secondary N) is 1. The topological polar surface area (TPSA) is 75.6 Å². The van der Waals surface area contributed by atoms with E-state index in [1.54, 1.807) is 40.5 Å². The van der Waals surface area contributed by atoms with Gasteiger partial charge in [-0.2, -0.15) is 0 Å². The van der Waals surface area contributed by atoms with E-state index in [0.717, 1.165) is 42.5 Å². The number of aromatic hydroxyl groups is 1. The van der Waals surface area contributed by atoms with Gasteiger partial charge in [0, 0.05) is 44.2 Å². The summed E-state index contributed by atoms with van der Waals surface area (Å²) < 4.78 is 16.1. The van der Waals surface area contributed by atoms with Crippen molar-refractivity contribution in [2.45, 2.75) is 18.9 Å². The number of guanidine groups is 1. The molecule has 0 bridgehead atoms. The Balaban J connectivity index is 1.67. The Morgan fingerprint density at radius 1 is 1.07 bits per heavy atom. The highest BCUT2D eigenvalue weighted by Gasteiger charge is 2.27. The number of benzene rings is 2. The number of hydrogen-bond donors (Lipinski definition) is 2. The van der Waals surface area contributed by atoms with Crippen LogP contribution in [-0.2, 0) is 6.54 Å². The maximum atomic E-state index is 10.1. The largest absolute Gasteiger partial charge is 0.508 e. The van der Waals surface area contributed by atoms with Crippen LogP contribution in [0.2, 0.25) is 0 Å². The van der Waals surface area contributed by atoms with Crippen molar-refractivity contribution in [2.75, 3.05) is 41.5 Å². The second-order valence-corrected chi connectivity index (χ2v) is 6.97. The number of rotatable bonds is 6. The maximum Gasteiger partial charge on any atom is 0.193 e. The molecule has 1 atom stereocenters. The number of hydrogen-bond acceptors (Lipinski definition) is 5. The van der Waals surface area contributed by atoms with Crippen LogP contribution in [0.5, 0.6) is 23.0 Å². The first-order valence-electron chi connectivity index (χ1n) is 9.62. The molecular formula is C22H29N3O4. The van der Waals surface area contributed by atoms with Gasteiger partial charge in [-0.25, -0.2) is 0 Å². The zero-order valence-corrected chi connectivity index (χ0v) is 17.4. The molecule has 29 heavy (non-hydrogen) atoms. The summed E-state index contributed by atoms with van der Waals surface area (Å²) in [4.78, 5) is 6.65. The molecule has 3 rings (SSSR count). The van der Waals surface area contributed by atoms with Crippen LogP contribution in [0.4, 0.5) is 0 Å². The molecule has 2 N–H and O–H groups in total. The number of ether oxygens (including phenoxy) is 3. The maximum absolute atomic E-state index is 10.1. The molecule has 1 aliphatic heterocycles. The van der Waals surface area contributed by atoms with Gasteiger partial charge in [0.25, 0.3) is 0 Å². The van der Waals surface area contributed by atoms with Crippen LogP contribution in [-0.4, -0.2) is 57.4 Å². The first-order valence-corrected chi connectivity index (χ1v) is 9.62. The minimum Gasteiger partial charge on any atom is -0.508 e. The molecule has 2 aromatic rings. The van der Waals surface area contributed by atoms with Crippen LogP contribution in [0.3, 0.4) is 0 Å². The number of nitrogens with zero attached hydrogens (tertiary/aromatic N) is 2. The van der Waals surface area contributed by atoms with Crippen LogP contribution in [0.15, 0.2) is 41.4 Å². The SMILES string of the molecule is CN=C(NCc1cc(OC)ccc1O)N1CCC(c2cc(OC)cc(OC)c2)C1. The number of methoxy groups -OCH3 is 3. The van der Waals surface area contributed by atoms with Gasteiger partial charge in [0.05, 0.1) is 21.3 Å². The van der Waals surface area contributed by atoms with E-state index in [-0.39, 0.29) is 5.75 Å². The van der Waals surface area contributed by atoms with Crippen molar-refractivity contribution in [3.63, 3.8) is 0 Å². The Morgan fingerprint density at radius 3 is 2.38 bits per heavy atom. The smallest absolute Gasteiger partial charge is 0.193 e. The Kier molecular flexibility index (Phi) is 6.69. The third-order valence-corrected chi connectivity index (χ3v) is 5.27. The Bertz CT molecular complexity index is 847. The van der Waals surface area contributed by atoms with Crippen LogP contribution in [0.25, 0.3) is 0 Å². The Morgan fingerprint density at radius 2 is 1.76 bits per heavy atom. The molecule has 0 aromatic heterocycles. The number of phenols is 1. The van der Waals surface area contributed by atoms with Crippen LogP contribution in [0, 0.1) is 0 Å². The van der Waals surface area contributed by atoms with Gasteiger partial charge in [-0.15, -0.1) is 0 Å². The molecule has 7 nitrogen and oxygen atoms in total. The van der Waals surface area contributed by atoms with E-state index in [1.165, 1.54) is 5.56 Å². The highest BCUT2D eigenvalue weighted by molar-refractivity contribution is 5.80. The third kappa shape index (κ3) is 4.85. The fraction of sp³-hybridized carbons (Fsp3) is 0.409. The summed E-state index contributed by atoms with van der Waals surface area (Å²) in [6.07, 6.45) is 1.02. The molecule has 1 unspecified atom stereocenters. The summed E-state index contributed by atoms with van der Waals surface area (Å²) in [5, 5.41) is 13.4. The predicted molar refractivity (Wildman–Crippen MR) is 113 cm³/mol. The quantitative estimate of drug-likeness (QED) is 0.575. The van der Waals surface area contributed by atoms with E-state index >= 15 is 0 Å². The van der Waals surface area contributed by atoms with Gasteiger partial charge in [-0.05, 0) is 42.3 Å². The minimum absolute atomic E-state index is 0.233. The van der Waals surface area contributed by atoms with Gasteiger partial charge in [-0.3, -0.25) is 4.99 Å². The average Bonchev–Trinajstić information content (AvgIpc) is 3.25. The van der Waals surface area contributed by atoms with Gasteiger partial charge in [-0.1, -0.05) is 0 Å². The van der Waals surface area contributed by atoms with Crippen molar-refractivity contribution in [3.8, 4) is 23.0 Å². The zero-order chi connectivity index (χ0) is 20.8. The van der Waals surface area contributed by atoms with Crippen molar-refractivity contribution in [1.29, 1.82) is 0 Å². The van der Waals surface area contributed by atoms with Crippen LogP contribution < -0.4 is 19.5 Å². The van der Waals surface area contributed by atoms with Crippen molar-refractivity contribution in [2.24, 2.45) is 4.99 Å². The van der Waals surface area contributed by atoms with E-state index in [0.29, 0.717) is 18.2 Å². The Hall–Kier alpha value is -3.09. The summed E-state index contributed by atoms with van der Waals surface area (Å²) in [5.41, 5.74) is 1.96. The molecule has 0 aliphatic carbocycles. The van der Waals surface area contributed by atoms with Gasteiger partial charge in [0.15, 0.2) is 5.96 Å². The molecule has 7 heteroatoms. The molecule has 0 radical (unpaired) electrons. The molecule has 0 amide bonds. The normalized spacial score (nSPS) is 16.6. The minimum atomic E-state index is 0.233. The van der Waals surface area contributed by atoms with E-state index in [9.17, 15) is 5.11 Å². The molecule has 1 aliphatic rings. The van der Waals surface area contributed by atoms with E-state index in [2.05, 4.69) is 27.3 Å². The molecule has 1 saturated heterocycles. The standard InChI is InChI=1S/C22H29N3O4/c1-23-22(24-13-17-11-18(27-2)5-6-21(17)26)25-8-7-15(14-25)16-9-19(28-3)12-20(10-16)29-4/h5-6,9-12,15,26H,7-8,13-14H2,1-4H3,(H,23,24). The van der Waals surface area contributed by atoms with Gasteiger partial charge < -0.3 is 29.5 Å². The second kappa shape index (κ2) is 9.41. The van der Waals surface area contributed by atoms with E-state index in [1.807, 2.05) is 12.1 Å². The first kappa shape index (κ1) is 20.6. The number of aliphatic imine (C=N–C) groups is 1. The number of phenolic OH excluding ortho intramolecular Hbond substituents is 1. The molecule has 1 heterocycles. The second-order valence-electron chi connectivity index (χ2n) is 6.97.